The van der Waals surface area contributed by atoms with Crippen molar-refractivity contribution in [1.29, 1.82) is 0 Å². The summed E-state index contributed by atoms with van der Waals surface area (Å²) in [5, 5.41) is 1.08. The third kappa shape index (κ3) is 3.71. The number of ether oxygens (including phenoxy) is 5. The largest absolute Gasteiger partial charge is 0.493 e. The molecule has 8 nitrogen and oxygen atoms in total. The number of esters is 1. The van der Waals surface area contributed by atoms with Crippen LogP contribution in [0, 0.1) is 0 Å². The van der Waals surface area contributed by atoms with Crippen LogP contribution < -0.4 is 18.9 Å². The molecule has 0 bridgehead atoms. The number of carbonyl (C=O) groups is 2. The second-order valence-corrected chi connectivity index (χ2v) is 6.17. The first-order valence-electron chi connectivity index (χ1n) is 8.89. The van der Waals surface area contributed by atoms with Crippen LogP contribution in [0.25, 0.3) is 10.8 Å². The van der Waals surface area contributed by atoms with Gasteiger partial charge in [0.15, 0.2) is 23.0 Å². The maximum atomic E-state index is 13.4. The number of pyridine rings is 1. The Hall–Kier alpha value is -3.81. The van der Waals surface area contributed by atoms with Gasteiger partial charge in [0.25, 0.3) is 0 Å². The summed E-state index contributed by atoms with van der Waals surface area (Å²) >= 11 is 0. The Morgan fingerprint density at radius 1 is 0.733 bits per heavy atom. The van der Waals surface area contributed by atoms with Crippen molar-refractivity contribution in [3.63, 3.8) is 0 Å². The number of carbonyl (C=O) groups excluding carboxylic acids is 2. The normalized spacial score (nSPS) is 10.4. The minimum absolute atomic E-state index is 0.000969. The molecule has 8 heteroatoms. The number of fused-ring (bicyclic) bond motifs is 1. The zero-order chi connectivity index (χ0) is 21.8. The smallest absolute Gasteiger partial charge is 0.356 e. The highest BCUT2D eigenvalue weighted by Gasteiger charge is 2.22. The third-order valence-corrected chi connectivity index (χ3v) is 4.59. The van der Waals surface area contributed by atoms with E-state index in [-0.39, 0.29) is 11.4 Å². The molecule has 1 heterocycles. The maximum Gasteiger partial charge on any atom is 0.356 e. The number of nitrogens with zero attached hydrogens (tertiary/aromatic N) is 1. The summed E-state index contributed by atoms with van der Waals surface area (Å²) in [7, 11) is 7.24. The summed E-state index contributed by atoms with van der Waals surface area (Å²) in [6.07, 6.45) is 0. The SMILES string of the molecule is COC(=O)c1cc2cc(OC)c(OC)cc2c(C(=O)c2ccc(OC)c(OC)c2)n1. The van der Waals surface area contributed by atoms with E-state index in [9.17, 15) is 9.59 Å². The summed E-state index contributed by atoms with van der Waals surface area (Å²) < 4.78 is 26.0. The van der Waals surface area contributed by atoms with Gasteiger partial charge in [0, 0.05) is 10.9 Å². The van der Waals surface area contributed by atoms with Gasteiger partial charge in [-0.05, 0) is 41.8 Å². The highest BCUT2D eigenvalue weighted by atomic mass is 16.5. The number of benzene rings is 2. The van der Waals surface area contributed by atoms with E-state index in [1.54, 1.807) is 30.3 Å². The lowest BCUT2D eigenvalue weighted by Crippen LogP contribution is -2.12. The molecule has 0 aliphatic carbocycles. The van der Waals surface area contributed by atoms with Gasteiger partial charge in [0.05, 0.1) is 35.5 Å². The van der Waals surface area contributed by atoms with Gasteiger partial charge in [-0.25, -0.2) is 9.78 Å². The molecule has 30 heavy (non-hydrogen) atoms. The molecule has 1 aromatic heterocycles. The van der Waals surface area contributed by atoms with Crippen LogP contribution in [0.3, 0.4) is 0 Å². The van der Waals surface area contributed by atoms with E-state index in [1.807, 2.05) is 0 Å². The molecule has 0 saturated heterocycles. The van der Waals surface area contributed by atoms with Crippen LogP contribution in [-0.2, 0) is 4.74 Å². The zero-order valence-corrected chi connectivity index (χ0v) is 17.3. The van der Waals surface area contributed by atoms with Crippen molar-refractivity contribution in [2.45, 2.75) is 0 Å². The van der Waals surface area contributed by atoms with Crippen molar-refractivity contribution < 1.29 is 33.3 Å². The standard InChI is InChI=1S/C22H21NO7/c1-26-16-7-6-12(9-17(16)27-2)21(24)20-14-11-19(29-4)18(28-3)10-13(14)8-15(23-20)22(25)30-5/h6-11H,1-5H3. The van der Waals surface area contributed by atoms with E-state index >= 15 is 0 Å². The van der Waals surface area contributed by atoms with E-state index in [0.717, 1.165) is 0 Å². The lowest BCUT2D eigenvalue weighted by Gasteiger charge is -2.13. The number of rotatable bonds is 7. The topological polar surface area (TPSA) is 93.2 Å². The highest BCUT2D eigenvalue weighted by Crippen LogP contribution is 2.35. The Morgan fingerprint density at radius 2 is 1.33 bits per heavy atom. The number of methoxy groups -OCH3 is 5. The lowest BCUT2D eigenvalue weighted by molar-refractivity contribution is 0.0594. The van der Waals surface area contributed by atoms with Crippen LogP contribution in [0.1, 0.15) is 26.5 Å². The molecule has 0 atom stereocenters. The average molecular weight is 411 g/mol. The number of ketones is 1. The molecule has 0 N–H and O–H groups in total. The Kier molecular flexibility index (Phi) is 6.06. The van der Waals surface area contributed by atoms with Crippen molar-refractivity contribution in [3.8, 4) is 23.0 Å². The Balaban J connectivity index is 2.26. The summed E-state index contributed by atoms with van der Waals surface area (Å²) in [6, 6.07) is 9.64. The van der Waals surface area contributed by atoms with Gasteiger partial charge in [0.2, 0.25) is 5.78 Å². The highest BCUT2D eigenvalue weighted by molar-refractivity contribution is 6.16. The fraction of sp³-hybridized carbons (Fsp3) is 0.227. The minimum Gasteiger partial charge on any atom is -0.493 e. The molecule has 0 radical (unpaired) electrons. The van der Waals surface area contributed by atoms with Crippen LogP contribution in [0.5, 0.6) is 23.0 Å². The van der Waals surface area contributed by atoms with E-state index in [2.05, 4.69) is 4.98 Å². The first-order valence-corrected chi connectivity index (χ1v) is 8.89. The van der Waals surface area contributed by atoms with Gasteiger partial charge in [-0.2, -0.15) is 0 Å². The molecule has 3 aromatic rings. The van der Waals surface area contributed by atoms with E-state index in [1.165, 1.54) is 41.6 Å². The summed E-state index contributed by atoms with van der Waals surface area (Å²) in [5.41, 5.74) is 0.389. The van der Waals surface area contributed by atoms with Gasteiger partial charge in [-0.3, -0.25) is 4.79 Å². The molecular formula is C22H21NO7. The maximum absolute atomic E-state index is 13.4. The molecule has 0 unspecified atom stereocenters. The molecule has 3 rings (SSSR count). The van der Waals surface area contributed by atoms with Gasteiger partial charge in [-0.15, -0.1) is 0 Å². The molecule has 0 spiro atoms. The van der Waals surface area contributed by atoms with Crippen LogP contribution in [-0.4, -0.2) is 52.3 Å². The summed E-state index contributed by atoms with van der Waals surface area (Å²) in [6.45, 7) is 0. The zero-order valence-electron chi connectivity index (χ0n) is 17.3. The Bertz CT molecular complexity index is 1120. The van der Waals surface area contributed by atoms with Crippen LogP contribution >= 0.6 is 0 Å². The molecule has 0 saturated carbocycles. The molecule has 156 valence electrons. The fourth-order valence-electron chi connectivity index (χ4n) is 3.08. The molecule has 0 amide bonds. The number of hydrogen-bond acceptors (Lipinski definition) is 8. The Morgan fingerprint density at radius 3 is 1.93 bits per heavy atom. The van der Waals surface area contributed by atoms with Crippen LogP contribution in [0.15, 0.2) is 36.4 Å². The van der Waals surface area contributed by atoms with Gasteiger partial charge in [0.1, 0.15) is 11.4 Å². The van der Waals surface area contributed by atoms with Crippen molar-refractivity contribution in [2.75, 3.05) is 35.5 Å². The monoisotopic (exact) mass is 411 g/mol. The minimum atomic E-state index is -0.659. The average Bonchev–Trinajstić information content (AvgIpc) is 2.80. The fourth-order valence-corrected chi connectivity index (χ4v) is 3.08. The van der Waals surface area contributed by atoms with E-state index in [0.29, 0.717) is 39.3 Å². The van der Waals surface area contributed by atoms with Crippen LogP contribution in [0.2, 0.25) is 0 Å². The Labute approximate surface area is 173 Å². The van der Waals surface area contributed by atoms with E-state index in [4.69, 9.17) is 23.7 Å². The first-order chi connectivity index (χ1) is 14.5. The van der Waals surface area contributed by atoms with Gasteiger partial charge >= 0.3 is 5.97 Å². The van der Waals surface area contributed by atoms with Gasteiger partial charge in [-0.1, -0.05) is 0 Å². The number of aromatic nitrogens is 1. The number of hydrogen-bond donors (Lipinski definition) is 0. The van der Waals surface area contributed by atoms with E-state index < -0.39 is 11.8 Å². The predicted molar refractivity (Wildman–Crippen MR) is 109 cm³/mol. The first kappa shape index (κ1) is 20.9. The van der Waals surface area contributed by atoms with Crippen molar-refractivity contribution in [1.82, 2.24) is 4.98 Å². The summed E-state index contributed by atoms with van der Waals surface area (Å²) in [5.74, 6) is 0.708. The van der Waals surface area contributed by atoms with Crippen molar-refractivity contribution >= 4 is 22.5 Å². The van der Waals surface area contributed by atoms with Crippen molar-refractivity contribution in [3.05, 3.63) is 53.3 Å². The predicted octanol–water partition coefficient (Wildman–Crippen LogP) is 3.29. The molecule has 2 aromatic carbocycles. The van der Waals surface area contributed by atoms with Crippen molar-refractivity contribution in [2.24, 2.45) is 0 Å². The molecule has 0 aliphatic rings. The summed E-state index contributed by atoms with van der Waals surface area (Å²) in [4.78, 5) is 29.8. The quantitative estimate of drug-likeness (QED) is 0.432. The molecular weight excluding hydrogens is 390 g/mol. The van der Waals surface area contributed by atoms with Crippen LogP contribution in [0.4, 0.5) is 0 Å². The second-order valence-electron chi connectivity index (χ2n) is 6.17. The molecule has 0 aliphatic heterocycles. The van der Waals surface area contributed by atoms with Gasteiger partial charge < -0.3 is 23.7 Å². The lowest BCUT2D eigenvalue weighted by atomic mass is 10.0. The third-order valence-electron chi connectivity index (χ3n) is 4.59. The second kappa shape index (κ2) is 8.69. The molecule has 0 fully saturated rings.